The molecule has 0 fully saturated rings. The molecule has 2 aromatic rings. The topological polar surface area (TPSA) is 136 Å². The fraction of sp³-hybridized carbons (Fsp3) is 0.200. The molecule has 0 atom stereocenters. The lowest BCUT2D eigenvalue weighted by atomic mass is 10.1. The summed E-state index contributed by atoms with van der Waals surface area (Å²) in [4.78, 5) is 19.5. The highest BCUT2D eigenvalue weighted by atomic mass is 35.5. The van der Waals surface area contributed by atoms with Gasteiger partial charge in [0.25, 0.3) is 5.91 Å². The Hall–Kier alpha value is -2.58. The molecule has 26 heavy (non-hydrogen) atoms. The van der Waals surface area contributed by atoms with Gasteiger partial charge in [-0.1, -0.05) is 11.6 Å². The molecule has 1 aromatic heterocycles. The summed E-state index contributed by atoms with van der Waals surface area (Å²) in [6.45, 7) is 0.104. The standard InChI is InChI=1S/C15H12ClN5O4S/c16-10-5-9(6-17)1-2-14(10)26(24,25)21-4-3-11-13(8-21)18-7-12(19-11)15(22)20-23/h1-2,5,7,23H,3-4,8H2,(H,20,22). The number of nitrogens with zero attached hydrogens (tertiary/aromatic N) is 4. The number of sulfonamides is 1. The summed E-state index contributed by atoms with van der Waals surface area (Å²) < 4.78 is 26.9. The van der Waals surface area contributed by atoms with Crippen LogP contribution in [0.1, 0.15) is 27.4 Å². The number of nitriles is 1. The minimum Gasteiger partial charge on any atom is -0.288 e. The van der Waals surface area contributed by atoms with Crippen molar-refractivity contribution < 1.29 is 18.4 Å². The number of amides is 1. The van der Waals surface area contributed by atoms with E-state index >= 15 is 0 Å². The Bertz CT molecular complexity index is 1030. The summed E-state index contributed by atoms with van der Waals surface area (Å²) in [7, 11) is -3.89. The van der Waals surface area contributed by atoms with Gasteiger partial charge in [-0.25, -0.2) is 18.9 Å². The second kappa shape index (κ2) is 6.97. The number of nitrogens with one attached hydrogen (secondary N) is 1. The van der Waals surface area contributed by atoms with E-state index in [0.717, 1.165) is 6.20 Å². The van der Waals surface area contributed by atoms with E-state index < -0.39 is 15.9 Å². The fourth-order valence-corrected chi connectivity index (χ4v) is 4.47. The Balaban J connectivity index is 1.90. The van der Waals surface area contributed by atoms with E-state index in [9.17, 15) is 13.2 Å². The van der Waals surface area contributed by atoms with Crippen LogP contribution in [0.3, 0.4) is 0 Å². The van der Waals surface area contributed by atoms with E-state index in [2.05, 4.69) is 9.97 Å². The van der Waals surface area contributed by atoms with Gasteiger partial charge in [0, 0.05) is 13.0 Å². The number of aromatic nitrogens is 2. The van der Waals surface area contributed by atoms with Gasteiger partial charge in [0.2, 0.25) is 10.0 Å². The predicted octanol–water partition coefficient (Wildman–Crippen LogP) is 0.868. The first-order valence-electron chi connectivity index (χ1n) is 7.36. The van der Waals surface area contributed by atoms with Gasteiger partial charge in [-0.3, -0.25) is 15.0 Å². The van der Waals surface area contributed by atoms with Crippen LogP contribution >= 0.6 is 11.6 Å². The van der Waals surface area contributed by atoms with Gasteiger partial charge in [0.1, 0.15) is 10.6 Å². The summed E-state index contributed by atoms with van der Waals surface area (Å²) in [5, 5.41) is 17.5. The van der Waals surface area contributed by atoms with Crippen molar-refractivity contribution in [2.24, 2.45) is 0 Å². The lowest BCUT2D eigenvalue weighted by Crippen LogP contribution is -2.37. The summed E-state index contributed by atoms with van der Waals surface area (Å²) in [5.41, 5.74) is 2.58. The fourth-order valence-electron chi connectivity index (χ4n) is 2.55. The summed E-state index contributed by atoms with van der Waals surface area (Å²) >= 11 is 6.03. The molecule has 0 saturated heterocycles. The third kappa shape index (κ3) is 3.25. The Morgan fingerprint density at radius 3 is 2.81 bits per heavy atom. The van der Waals surface area contributed by atoms with Crippen LogP contribution in [-0.4, -0.2) is 40.4 Å². The molecule has 2 N–H and O–H groups in total. The molecule has 0 radical (unpaired) electrons. The highest BCUT2D eigenvalue weighted by Crippen LogP contribution is 2.28. The van der Waals surface area contributed by atoms with Gasteiger partial charge < -0.3 is 0 Å². The van der Waals surface area contributed by atoms with Crippen molar-refractivity contribution in [1.82, 2.24) is 19.8 Å². The quantitative estimate of drug-likeness (QED) is 0.583. The van der Waals surface area contributed by atoms with E-state index in [1.807, 2.05) is 6.07 Å². The number of rotatable bonds is 3. The third-order valence-electron chi connectivity index (χ3n) is 3.87. The van der Waals surface area contributed by atoms with Crippen LogP contribution < -0.4 is 5.48 Å². The van der Waals surface area contributed by atoms with Crippen LogP contribution in [0.4, 0.5) is 0 Å². The SMILES string of the molecule is N#Cc1ccc(S(=O)(=O)N2CCc3nc(C(=O)NO)cnc3C2)c(Cl)c1. The molecule has 1 amide bonds. The van der Waals surface area contributed by atoms with Crippen LogP contribution in [0.2, 0.25) is 5.02 Å². The Labute approximate surface area is 153 Å². The second-order valence-electron chi connectivity index (χ2n) is 5.44. The van der Waals surface area contributed by atoms with Gasteiger partial charge in [0.05, 0.1) is 40.8 Å². The maximum atomic E-state index is 12.9. The number of fused-ring (bicyclic) bond motifs is 1. The van der Waals surface area contributed by atoms with E-state index in [1.54, 1.807) is 0 Å². The Morgan fingerprint density at radius 1 is 1.38 bits per heavy atom. The zero-order chi connectivity index (χ0) is 18.9. The van der Waals surface area contributed by atoms with Gasteiger partial charge >= 0.3 is 0 Å². The number of benzene rings is 1. The molecule has 0 saturated carbocycles. The Morgan fingerprint density at radius 2 is 2.15 bits per heavy atom. The second-order valence-corrected chi connectivity index (χ2v) is 7.75. The van der Waals surface area contributed by atoms with Gasteiger partial charge in [-0.05, 0) is 18.2 Å². The monoisotopic (exact) mass is 393 g/mol. The molecule has 0 spiro atoms. The largest absolute Gasteiger partial charge is 0.294 e. The molecule has 0 bridgehead atoms. The Kier molecular flexibility index (Phi) is 4.88. The molecule has 11 heteroatoms. The van der Waals surface area contributed by atoms with Gasteiger partial charge in [-0.2, -0.15) is 9.57 Å². The van der Waals surface area contributed by atoms with E-state index in [1.165, 1.54) is 28.0 Å². The minimum atomic E-state index is -3.89. The van der Waals surface area contributed by atoms with Crippen molar-refractivity contribution in [1.29, 1.82) is 5.26 Å². The first-order chi connectivity index (χ1) is 12.4. The third-order valence-corrected chi connectivity index (χ3v) is 6.20. The molecule has 9 nitrogen and oxygen atoms in total. The zero-order valence-corrected chi connectivity index (χ0v) is 14.8. The first kappa shape index (κ1) is 18.2. The smallest absolute Gasteiger partial charge is 0.288 e. The van der Waals surface area contributed by atoms with Gasteiger partial charge in [0.15, 0.2) is 0 Å². The van der Waals surface area contributed by atoms with Crippen molar-refractivity contribution in [2.75, 3.05) is 6.54 Å². The van der Waals surface area contributed by atoms with E-state index in [0.29, 0.717) is 11.4 Å². The predicted molar refractivity (Wildman–Crippen MR) is 88.8 cm³/mol. The van der Waals surface area contributed by atoms with Crippen LogP contribution in [-0.2, 0) is 23.0 Å². The molecule has 1 aromatic carbocycles. The van der Waals surface area contributed by atoms with Crippen LogP contribution in [0.25, 0.3) is 0 Å². The van der Waals surface area contributed by atoms with Crippen molar-refractivity contribution in [3.8, 4) is 6.07 Å². The minimum absolute atomic E-state index is 0.0258. The van der Waals surface area contributed by atoms with E-state index in [-0.39, 0.29) is 40.7 Å². The number of halogens is 1. The maximum absolute atomic E-state index is 12.9. The lowest BCUT2D eigenvalue weighted by Gasteiger charge is -2.27. The number of hydrogen-bond donors (Lipinski definition) is 2. The van der Waals surface area contributed by atoms with Crippen LogP contribution in [0.5, 0.6) is 0 Å². The summed E-state index contributed by atoms with van der Waals surface area (Å²) in [6, 6.07) is 5.88. The van der Waals surface area contributed by atoms with Crippen molar-refractivity contribution in [3.63, 3.8) is 0 Å². The normalized spacial score (nSPS) is 14.3. The molecule has 2 heterocycles. The summed E-state index contributed by atoms with van der Waals surface area (Å²) in [5.74, 6) is -0.792. The molecule has 0 unspecified atom stereocenters. The number of carbonyl (C=O) groups excluding carboxylic acids is 1. The number of hydrogen-bond acceptors (Lipinski definition) is 7. The molecule has 134 valence electrons. The highest BCUT2D eigenvalue weighted by molar-refractivity contribution is 7.89. The lowest BCUT2D eigenvalue weighted by molar-refractivity contribution is 0.0699. The molecular weight excluding hydrogens is 382 g/mol. The first-order valence-corrected chi connectivity index (χ1v) is 9.17. The highest BCUT2D eigenvalue weighted by Gasteiger charge is 2.31. The van der Waals surface area contributed by atoms with Crippen molar-refractivity contribution >= 4 is 27.5 Å². The number of carbonyl (C=O) groups is 1. The summed E-state index contributed by atoms with van der Waals surface area (Å²) in [6.07, 6.45) is 1.41. The van der Waals surface area contributed by atoms with Crippen LogP contribution in [0, 0.1) is 11.3 Å². The van der Waals surface area contributed by atoms with Gasteiger partial charge in [-0.15, -0.1) is 0 Å². The number of hydroxylamine groups is 1. The average molecular weight is 394 g/mol. The maximum Gasteiger partial charge on any atom is 0.294 e. The molecule has 0 aliphatic carbocycles. The molecular formula is C15H12ClN5O4S. The zero-order valence-electron chi connectivity index (χ0n) is 13.2. The van der Waals surface area contributed by atoms with Crippen molar-refractivity contribution in [2.45, 2.75) is 17.9 Å². The molecule has 1 aliphatic rings. The van der Waals surface area contributed by atoms with E-state index in [4.69, 9.17) is 22.1 Å². The average Bonchev–Trinajstić information content (AvgIpc) is 2.66. The molecule has 3 rings (SSSR count). The van der Waals surface area contributed by atoms with Crippen LogP contribution in [0.15, 0.2) is 29.3 Å². The van der Waals surface area contributed by atoms with Crippen molar-refractivity contribution in [3.05, 3.63) is 52.1 Å². The molecule has 1 aliphatic heterocycles.